The normalized spacial score (nSPS) is 12.4. The molecule has 1 rings (SSSR count). The highest BCUT2D eigenvalue weighted by Crippen LogP contribution is 2.23. The Bertz CT molecular complexity index is 285. The second-order valence-electron chi connectivity index (χ2n) is 2.50. The van der Waals surface area contributed by atoms with Gasteiger partial charge in [-0.05, 0) is 12.1 Å². The highest BCUT2D eigenvalue weighted by molar-refractivity contribution is 5.85. The number of halogens is 5. The molecule has 0 bridgehead atoms. The van der Waals surface area contributed by atoms with Crippen molar-refractivity contribution in [2.75, 3.05) is 0 Å². The first-order valence-electron chi connectivity index (χ1n) is 3.51. The molecule has 1 aromatic rings. The number of hydrogen-bond acceptors (Lipinski definition) is 1. The van der Waals surface area contributed by atoms with Gasteiger partial charge in [0, 0.05) is 5.56 Å². The standard InChI is InChI=1S/C8H7F4N.ClH/c9-4-2-1-3-5(10)6(4)7(13)8(11)12;/h1-3,7-8H,13H2;1H/t7-;/m1./s1. The molecule has 0 heterocycles. The maximum atomic E-state index is 12.8. The Morgan fingerprint density at radius 2 is 1.50 bits per heavy atom. The summed E-state index contributed by atoms with van der Waals surface area (Å²) in [7, 11) is 0. The van der Waals surface area contributed by atoms with E-state index in [-0.39, 0.29) is 12.4 Å². The van der Waals surface area contributed by atoms with E-state index < -0.39 is 29.7 Å². The Hall–Kier alpha value is -0.810. The second-order valence-corrected chi connectivity index (χ2v) is 2.50. The first-order chi connectivity index (χ1) is 6.04. The Morgan fingerprint density at radius 1 is 1.07 bits per heavy atom. The zero-order valence-electron chi connectivity index (χ0n) is 6.88. The molecule has 0 saturated heterocycles. The molecule has 0 saturated carbocycles. The lowest BCUT2D eigenvalue weighted by atomic mass is 10.1. The van der Waals surface area contributed by atoms with Gasteiger partial charge in [-0.2, -0.15) is 0 Å². The summed E-state index contributed by atoms with van der Waals surface area (Å²) in [6.07, 6.45) is -2.98. The summed E-state index contributed by atoms with van der Waals surface area (Å²) in [6.45, 7) is 0. The molecule has 0 aliphatic heterocycles. The van der Waals surface area contributed by atoms with Crippen LogP contribution in [0.1, 0.15) is 11.6 Å². The molecule has 2 N–H and O–H groups in total. The number of alkyl halides is 2. The van der Waals surface area contributed by atoms with E-state index in [0.717, 1.165) is 18.2 Å². The minimum atomic E-state index is -2.98. The van der Waals surface area contributed by atoms with Crippen LogP contribution < -0.4 is 5.73 Å². The Labute approximate surface area is 84.3 Å². The van der Waals surface area contributed by atoms with Crippen LogP contribution in [0.4, 0.5) is 17.6 Å². The average molecular weight is 230 g/mol. The fourth-order valence-electron chi connectivity index (χ4n) is 0.955. The van der Waals surface area contributed by atoms with E-state index >= 15 is 0 Å². The molecule has 80 valence electrons. The highest BCUT2D eigenvalue weighted by atomic mass is 35.5. The SMILES string of the molecule is Cl.N[C@H](c1c(F)cccc1F)C(F)F. The van der Waals surface area contributed by atoms with Crippen LogP contribution >= 0.6 is 12.4 Å². The van der Waals surface area contributed by atoms with E-state index in [1.165, 1.54) is 0 Å². The minimum absolute atomic E-state index is 0. The van der Waals surface area contributed by atoms with Gasteiger partial charge in [-0.15, -0.1) is 12.4 Å². The van der Waals surface area contributed by atoms with E-state index in [9.17, 15) is 17.6 Å². The lowest BCUT2D eigenvalue weighted by Crippen LogP contribution is -2.21. The van der Waals surface area contributed by atoms with E-state index in [1.54, 1.807) is 0 Å². The van der Waals surface area contributed by atoms with Crippen molar-refractivity contribution in [2.45, 2.75) is 12.5 Å². The van der Waals surface area contributed by atoms with Gasteiger partial charge < -0.3 is 5.73 Å². The summed E-state index contributed by atoms with van der Waals surface area (Å²) >= 11 is 0. The van der Waals surface area contributed by atoms with Crippen molar-refractivity contribution in [3.8, 4) is 0 Å². The van der Waals surface area contributed by atoms with E-state index in [0.29, 0.717) is 0 Å². The van der Waals surface area contributed by atoms with Gasteiger partial charge in [0.15, 0.2) is 0 Å². The molecule has 1 aromatic carbocycles. The van der Waals surface area contributed by atoms with Gasteiger partial charge in [0.25, 0.3) is 6.43 Å². The Kier molecular flexibility index (Phi) is 4.87. The van der Waals surface area contributed by atoms with Crippen molar-refractivity contribution in [2.24, 2.45) is 5.73 Å². The minimum Gasteiger partial charge on any atom is -0.319 e. The number of nitrogens with two attached hydrogens (primary N) is 1. The predicted octanol–water partition coefficient (Wildman–Crippen LogP) is 2.65. The van der Waals surface area contributed by atoms with Gasteiger partial charge in [0.2, 0.25) is 0 Å². The molecule has 0 aliphatic rings. The quantitative estimate of drug-likeness (QED) is 0.776. The van der Waals surface area contributed by atoms with Crippen LogP contribution in [-0.2, 0) is 0 Å². The second kappa shape index (κ2) is 5.17. The number of hydrogen-bond donors (Lipinski definition) is 1. The molecule has 0 fully saturated rings. The van der Waals surface area contributed by atoms with Crippen LogP contribution in [0.2, 0.25) is 0 Å². The van der Waals surface area contributed by atoms with E-state index in [1.807, 2.05) is 0 Å². The third kappa shape index (κ3) is 2.59. The fourth-order valence-corrected chi connectivity index (χ4v) is 0.955. The molecule has 0 aliphatic carbocycles. The van der Waals surface area contributed by atoms with Gasteiger partial charge in [-0.25, -0.2) is 17.6 Å². The van der Waals surface area contributed by atoms with E-state index in [2.05, 4.69) is 0 Å². The maximum Gasteiger partial charge on any atom is 0.257 e. The third-order valence-corrected chi connectivity index (χ3v) is 1.60. The average Bonchev–Trinajstić information content (AvgIpc) is 2.03. The third-order valence-electron chi connectivity index (χ3n) is 1.60. The topological polar surface area (TPSA) is 26.0 Å². The van der Waals surface area contributed by atoms with Gasteiger partial charge in [0.05, 0.1) is 6.04 Å². The van der Waals surface area contributed by atoms with Gasteiger partial charge in [-0.1, -0.05) is 6.07 Å². The number of benzene rings is 1. The van der Waals surface area contributed by atoms with Crippen molar-refractivity contribution in [1.29, 1.82) is 0 Å². The van der Waals surface area contributed by atoms with Crippen molar-refractivity contribution >= 4 is 12.4 Å². The molecule has 0 aromatic heterocycles. The van der Waals surface area contributed by atoms with Crippen molar-refractivity contribution in [3.05, 3.63) is 35.4 Å². The molecule has 1 atom stereocenters. The van der Waals surface area contributed by atoms with Crippen LogP contribution in [0.5, 0.6) is 0 Å². The fraction of sp³-hybridized carbons (Fsp3) is 0.250. The summed E-state index contributed by atoms with van der Waals surface area (Å²) in [6, 6.07) is 0.953. The van der Waals surface area contributed by atoms with E-state index in [4.69, 9.17) is 5.73 Å². The molecule has 0 amide bonds. The van der Waals surface area contributed by atoms with Gasteiger partial charge >= 0.3 is 0 Å². The molecule has 6 heteroatoms. The molecule has 0 radical (unpaired) electrons. The zero-order chi connectivity index (χ0) is 10.0. The van der Waals surface area contributed by atoms with Crippen LogP contribution in [0, 0.1) is 11.6 Å². The van der Waals surface area contributed by atoms with Crippen molar-refractivity contribution in [3.63, 3.8) is 0 Å². The highest BCUT2D eigenvalue weighted by Gasteiger charge is 2.24. The molecule has 14 heavy (non-hydrogen) atoms. The van der Waals surface area contributed by atoms with Crippen LogP contribution in [0.15, 0.2) is 18.2 Å². The first kappa shape index (κ1) is 13.2. The summed E-state index contributed by atoms with van der Waals surface area (Å²) in [5, 5.41) is 0. The summed E-state index contributed by atoms with van der Waals surface area (Å²) in [5.41, 5.74) is 4.14. The summed E-state index contributed by atoms with van der Waals surface area (Å²) < 4.78 is 49.6. The molecular formula is C8H8ClF4N. The maximum absolute atomic E-state index is 12.8. The summed E-state index contributed by atoms with van der Waals surface area (Å²) in [4.78, 5) is 0. The Morgan fingerprint density at radius 3 is 1.86 bits per heavy atom. The largest absolute Gasteiger partial charge is 0.319 e. The van der Waals surface area contributed by atoms with Crippen LogP contribution in [-0.4, -0.2) is 6.43 Å². The first-order valence-corrected chi connectivity index (χ1v) is 3.51. The predicted molar refractivity (Wildman–Crippen MR) is 46.5 cm³/mol. The summed E-state index contributed by atoms with van der Waals surface area (Å²) in [5.74, 6) is -2.10. The molecule has 0 unspecified atom stereocenters. The van der Waals surface area contributed by atoms with Gasteiger partial charge in [0.1, 0.15) is 11.6 Å². The van der Waals surface area contributed by atoms with Gasteiger partial charge in [-0.3, -0.25) is 0 Å². The number of rotatable bonds is 2. The van der Waals surface area contributed by atoms with Crippen LogP contribution in [0.3, 0.4) is 0 Å². The Balaban J connectivity index is 0.00000169. The monoisotopic (exact) mass is 229 g/mol. The van der Waals surface area contributed by atoms with Crippen molar-refractivity contribution < 1.29 is 17.6 Å². The molecule has 0 spiro atoms. The molecule has 1 nitrogen and oxygen atoms in total. The van der Waals surface area contributed by atoms with Crippen molar-refractivity contribution in [1.82, 2.24) is 0 Å². The lowest BCUT2D eigenvalue weighted by Gasteiger charge is -2.12. The van der Waals surface area contributed by atoms with Crippen LogP contribution in [0.25, 0.3) is 0 Å². The lowest BCUT2D eigenvalue weighted by molar-refractivity contribution is 0.113. The smallest absolute Gasteiger partial charge is 0.257 e. The molecular weight excluding hydrogens is 222 g/mol. The zero-order valence-corrected chi connectivity index (χ0v) is 7.70.